The molecule has 1 aromatic carbocycles. The van der Waals surface area contributed by atoms with Crippen molar-refractivity contribution in [3.05, 3.63) is 35.4 Å². The minimum atomic E-state index is -0.539. The van der Waals surface area contributed by atoms with Gasteiger partial charge in [-0.15, -0.1) is 12.4 Å². The Balaban J connectivity index is 0.00000338. The number of halogens is 1. The van der Waals surface area contributed by atoms with E-state index in [9.17, 15) is 9.59 Å². The summed E-state index contributed by atoms with van der Waals surface area (Å²) in [6.45, 7) is 8.14. The van der Waals surface area contributed by atoms with Crippen LogP contribution in [-0.4, -0.2) is 44.8 Å². The summed E-state index contributed by atoms with van der Waals surface area (Å²) in [6, 6.07) is 7.53. The van der Waals surface area contributed by atoms with Gasteiger partial charge in [0.05, 0.1) is 26.2 Å². The van der Waals surface area contributed by atoms with Crippen LogP contribution in [0.25, 0.3) is 0 Å². The van der Waals surface area contributed by atoms with Crippen LogP contribution in [0.2, 0.25) is 0 Å². The molecule has 1 saturated heterocycles. The van der Waals surface area contributed by atoms with Gasteiger partial charge >= 0.3 is 5.97 Å². The number of rotatable bonds is 5. The molecule has 1 fully saturated rings. The largest absolute Gasteiger partial charge is 0.469 e. The van der Waals surface area contributed by atoms with Crippen molar-refractivity contribution in [1.82, 2.24) is 10.6 Å². The molecule has 1 aromatic rings. The lowest BCUT2D eigenvalue weighted by molar-refractivity contribution is -0.142. The first-order chi connectivity index (χ1) is 11.8. The highest BCUT2D eigenvalue weighted by atomic mass is 35.5. The minimum absolute atomic E-state index is 0. The molecule has 0 aromatic heterocycles. The average molecular weight is 385 g/mol. The van der Waals surface area contributed by atoms with Gasteiger partial charge < -0.3 is 20.1 Å². The van der Waals surface area contributed by atoms with Gasteiger partial charge in [-0.1, -0.05) is 45.0 Å². The molecule has 2 rings (SSSR count). The predicted molar refractivity (Wildman–Crippen MR) is 103 cm³/mol. The Morgan fingerprint density at radius 2 is 1.96 bits per heavy atom. The molecule has 1 amide bonds. The fourth-order valence-corrected chi connectivity index (χ4v) is 2.72. The summed E-state index contributed by atoms with van der Waals surface area (Å²) >= 11 is 0. The van der Waals surface area contributed by atoms with Crippen LogP contribution in [0, 0.1) is 0 Å². The zero-order chi connectivity index (χ0) is 18.4. The monoisotopic (exact) mass is 384 g/mol. The molecule has 2 atom stereocenters. The van der Waals surface area contributed by atoms with Crippen LogP contribution in [0.5, 0.6) is 0 Å². The predicted octanol–water partition coefficient (Wildman–Crippen LogP) is 2.11. The first-order valence-electron chi connectivity index (χ1n) is 8.61. The topological polar surface area (TPSA) is 76.7 Å². The van der Waals surface area contributed by atoms with Crippen LogP contribution in [0.3, 0.4) is 0 Å². The number of hydrogen-bond acceptors (Lipinski definition) is 5. The molecule has 146 valence electrons. The van der Waals surface area contributed by atoms with Gasteiger partial charge in [0.2, 0.25) is 0 Å². The third-order valence-corrected chi connectivity index (χ3v) is 4.31. The highest BCUT2D eigenvalue weighted by molar-refractivity contribution is 5.85. The number of nitrogens with one attached hydrogen (secondary N) is 2. The summed E-state index contributed by atoms with van der Waals surface area (Å²) in [4.78, 5) is 24.2. The molecule has 1 aliphatic rings. The maximum absolute atomic E-state index is 12.4. The highest BCUT2D eigenvalue weighted by Gasteiger charge is 2.26. The molecule has 26 heavy (non-hydrogen) atoms. The Hall–Kier alpha value is -1.63. The van der Waals surface area contributed by atoms with Crippen LogP contribution in [0.15, 0.2) is 24.3 Å². The molecule has 1 heterocycles. The lowest BCUT2D eigenvalue weighted by atomic mass is 9.86. The third-order valence-electron chi connectivity index (χ3n) is 4.31. The van der Waals surface area contributed by atoms with Crippen LogP contribution in [0.1, 0.15) is 44.4 Å². The first kappa shape index (κ1) is 22.4. The van der Waals surface area contributed by atoms with E-state index in [-0.39, 0.29) is 36.1 Å². The van der Waals surface area contributed by atoms with Gasteiger partial charge in [0.15, 0.2) is 0 Å². The van der Waals surface area contributed by atoms with E-state index < -0.39 is 12.1 Å². The van der Waals surface area contributed by atoms with Crippen molar-refractivity contribution >= 4 is 24.3 Å². The number of methoxy groups -OCH3 is 1. The summed E-state index contributed by atoms with van der Waals surface area (Å²) in [6.07, 6.45) is -0.459. The molecule has 6 nitrogen and oxygen atoms in total. The molecule has 0 saturated carbocycles. The van der Waals surface area contributed by atoms with Crippen LogP contribution < -0.4 is 10.6 Å². The van der Waals surface area contributed by atoms with Crippen LogP contribution in [-0.2, 0) is 24.5 Å². The molecular formula is C19H29ClN2O4. The highest BCUT2D eigenvalue weighted by Crippen LogP contribution is 2.25. The summed E-state index contributed by atoms with van der Waals surface area (Å²) in [7, 11) is 1.35. The number of esters is 1. The van der Waals surface area contributed by atoms with Gasteiger partial charge in [0.1, 0.15) is 6.10 Å². The SMILES string of the molecule is COC(=O)CC(NC(=O)C1CNCCO1)c1ccc(C(C)(C)C)cc1.Cl. The van der Waals surface area contributed by atoms with E-state index in [1.54, 1.807) is 0 Å². The van der Waals surface area contributed by atoms with E-state index in [1.807, 2.05) is 24.3 Å². The summed E-state index contributed by atoms with van der Waals surface area (Å²) in [5, 5.41) is 6.05. The van der Waals surface area contributed by atoms with E-state index in [0.717, 1.165) is 12.1 Å². The van der Waals surface area contributed by atoms with Gasteiger partial charge in [0, 0.05) is 13.1 Å². The lowest BCUT2D eigenvalue weighted by Crippen LogP contribution is -2.48. The number of benzene rings is 1. The smallest absolute Gasteiger partial charge is 0.307 e. The van der Waals surface area contributed by atoms with Crippen molar-refractivity contribution in [2.75, 3.05) is 26.8 Å². The Bertz CT molecular complexity index is 593. The van der Waals surface area contributed by atoms with Crippen molar-refractivity contribution in [2.45, 2.75) is 44.8 Å². The quantitative estimate of drug-likeness (QED) is 0.760. The summed E-state index contributed by atoms with van der Waals surface area (Å²) in [5.41, 5.74) is 2.11. The van der Waals surface area contributed by atoms with E-state index in [4.69, 9.17) is 9.47 Å². The standard InChI is InChI=1S/C19H28N2O4.ClH/c1-19(2,3)14-7-5-13(6-8-14)15(11-17(22)24-4)21-18(23)16-12-20-9-10-25-16;/h5-8,15-16,20H,9-12H2,1-4H3,(H,21,23);1H. The van der Waals surface area contributed by atoms with Crippen molar-refractivity contribution in [2.24, 2.45) is 0 Å². The maximum Gasteiger partial charge on any atom is 0.307 e. The zero-order valence-electron chi connectivity index (χ0n) is 15.8. The molecular weight excluding hydrogens is 356 g/mol. The number of carbonyl (C=O) groups is 2. The normalized spacial score (nSPS) is 18.4. The summed E-state index contributed by atoms with van der Waals surface area (Å²) < 4.78 is 10.3. The maximum atomic E-state index is 12.4. The van der Waals surface area contributed by atoms with E-state index in [1.165, 1.54) is 12.7 Å². The fraction of sp³-hybridized carbons (Fsp3) is 0.579. The molecule has 2 N–H and O–H groups in total. The molecule has 0 radical (unpaired) electrons. The molecule has 2 unspecified atom stereocenters. The van der Waals surface area contributed by atoms with Crippen molar-refractivity contribution in [3.8, 4) is 0 Å². The van der Waals surface area contributed by atoms with Gasteiger partial charge in [-0.2, -0.15) is 0 Å². The second-order valence-electron chi connectivity index (χ2n) is 7.28. The number of amides is 1. The molecule has 0 spiro atoms. The molecule has 0 bridgehead atoms. The second-order valence-corrected chi connectivity index (χ2v) is 7.28. The number of ether oxygens (including phenoxy) is 2. The zero-order valence-corrected chi connectivity index (χ0v) is 16.7. The van der Waals surface area contributed by atoms with Gasteiger partial charge in [-0.25, -0.2) is 0 Å². The van der Waals surface area contributed by atoms with Crippen molar-refractivity contribution in [3.63, 3.8) is 0 Å². The average Bonchev–Trinajstić information content (AvgIpc) is 2.61. The van der Waals surface area contributed by atoms with Crippen molar-refractivity contribution in [1.29, 1.82) is 0 Å². The van der Waals surface area contributed by atoms with Crippen LogP contribution >= 0.6 is 12.4 Å². The molecule has 0 aliphatic carbocycles. The third kappa shape index (κ3) is 6.27. The Morgan fingerprint density at radius 3 is 2.46 bits per heavy atom. The molecule has 1 aliphatic heterocycles. The Morgan fingerprint density at radius 1 is 1.31 bits per heavy atom. The van der Waals surface area contributed by atoms with E-state index >= 15 is 0 Å². The minimum Gasteiger partial charge on any atom is -0.469 e. The lowest BCUT2D eigenvalue weighted by Gasteiger charge is -2.26. The first-order valence-corrected chi connectivity index (χ1v) is 8.61. The van der Waals surface area contributed by atoms with Crippen LogP contribution in [0.4, 0.5) is 0 Å². The van der Waals surface area contributed by atoms with E-state index in [2.05, 4.69) is 31.4 Å². The van der Waals surface area contributed by atoms with Gasteiger partial charge in [0.25, 0.3) is 5.91 Å². The summed E-state index contributed by atoms with van der Waals surface area (Å²) in [5.74, 6) is -0.589. The fourth-order valence-electron chi connectivity index (χ4n) is 2.72. The van der Waals surface area contributed by atoms with Crippen molar-refractivity contribution < 1.29 is 19.1 Å². The number of carbonyl (C=O) groups excluding carboxylic acids is 2. The Kier molecular flexibility index (Phi) is 8.53. The Labute approximate surface area is 161 Å². The van der Waals surface area contributed by atoms with Gasteiger partial charge in [-0.3, -0.25) is 9.59 Å². The number of morpholine rings is 1. The van der Waals surface area contributed by atoms with Gasteiger partial charge in [-0.05, 0) is 16.5 Å². The molecule has 7 heteroatoms. The second kappa shape index (κ2) is 9.90. The number of hydrogen-bond donors (Lipinski definition) is 2. The van der Waals surface area contributed by atoms with E-state index in [0.29, 0.717) is 13.2 Å².